The summed E-state index contributed by atoms with van der Waals surface area (Å²) in [4.78, 5) is 16.7. The van der Waals surface area contributed by atoms with E-state index in [1.165, 1.54) is 6.54 Å². The molecule has 0 aliphatic carbocycles. The molecule has 1 atom stereocenters. The quantitative estimate of drug-likeness (QED) is 0.685. The summed E-state index contributed by atoms with van der Waals surface area (Å²) < 4.78 is 5.02. The van der Waals surface area contributed by atoms with Crippen molar-refractivity contribution < 1.29 is 9.53 Å². The van der Waals surface area contributed by atoms with Gasteiger partial charge in [-0.25, -0.2) is 0 Å². The molecule has 1 saturated heterocycles. The van der Waals surface area contributed by atoms with Crippen LogP contribution in [0.5, 0.6) is 0 Å². The number of carbonyl (C=O) groups excluding carboxylic acids is 1. The highest BCUT2D eigenvalue weighted by atomic mass is 16.5. The van der Waals surface area contributed by atoms with Crippen LogP contribution in [-0.2, 0) is 9.53 Å². The van der Waals surface area contributed by atoms with Crippen LogP contribution in [-0.4, -0.2) is 67.2 Å². The summed E-state index contributed by atoms with van der Waals surface area (Å²) in [6.45, 7) is 15.2. The molecule has 0 spiro atoms. The lowest BCUT2D eigenvalue weighted by Gasteiger charge is -2.35. The monoisotopic (exact) mass is 299 g/mol. The van der Waals surface area contributed by atoms with E-state index in [1.807, 2.05) is 6.92 Å². The maximum Gasteiger partial charge on any atom is 0.325 e. The Morgan fingerprint density at radius 3 is 2.33 bits per heavy atom. The molecule has 2 N–H and O–H groups in total. The number of hydrogen-bond acceptors (Lipinski definition) is 5. The van der Waals surface area contributed by atoms with Crippen LogP contribution < -0.4 is 5.73 Å². The molecule has 0 aromatic heterocycles. The largest absolute Gasteiger partial charge is 0.465 e. The van der Waals surface area contributed by atoms with Gasteiger partial charge in [0, 0.05) is 32.7 Å². The number of nitrogens with zero attached hydrogens (tertiary/aromatic N) is 2. The minimum atomic E-state index is -0.852. The van der Waals surface area contributed by atoms with Crippen molar-refractivity contribution in [2.24, 2.45) is 11.7 Å². The van der Waals surface area contributed by atoms with Gasteiger partial charge in [-0.1, -0.05) is 13.8 Å². The second-order valence-corrected chi connectivity index (χ2v) is 6.78. The van der Waals surface area contributed by atoms with Crippen LogP contribution >= 0.6 is 0 Å². The van der Waals surface area contributed by atoms with Crippen LogP contribution in [0.2, 0.25) is 0 Å². The lowest BCUT2D eigenvalue weighted by molar-refractivity contribution is -0.149. The average molecular weight is 299 g/mol. The Kier molecular flexibility index (Phi) is 7.63. The van der Waals surface area contributed by atoms with Crippen molar-refractivity contribution in [2.75, 3.05) is 45.9 Å². The number of piperazine rings is 1. The van der Waals surface area contributed by atoms with Crippen molar-refractivity contribution in [3.63, 3.8) is 0 Å². The van der Waals surface area contributed by atoms with Crippen LogP contribution in [0, 0.1) is 5.92 Å². The molecule has 1 aliphatic rings. The van der Waals surface area contributed by atoms with Gasteiger partial charge in [-0.15, -0.1) is 0 Å². The van der Waals surface area contributed by atoms with Crippen LogP contribution in [0.25, 0.3) is 0 Å². The zero-order chi connectivity index (χ0) is 15.9. The van der Waals surface area contributed by atoms with Gasteiger partial charge in [0.05, 0.1) is 6.61 Å². The molecule has 5 nitrogen and oxygen atoms in total. The van der Waals surface area contributed by atoms with Gasteiger partial charge in [0.25, 0.3) is 0 Å². The Balaban J connectivity index is 2.21. The summed E-state index contributed by atoms with van der Waals surface area (Å²) in [7, 11) is 0. The Bertz CT molecular complexity index is 311. The summed E-state index contributed by atoms with van der Waals surface area (Å²) >= 11 is 0. The van der Waals surface area contributed by atoms with Crippen molar-refractivity contribution in [2.45, 2.75) is 46.1 Å². The molecule has 1 fully saturated rings. The average Bonchev–Trinajstić information content (AvgIpc) is 2.40. The molecule has 5 heteroatoms. The molecule has 124 valence electrons. The van der Waals surface area contributed by atoms with E-state index in [-0.39, 0.29) is 5.97 Å². The molecule has 0 radical (unpaired) electrons. The zero-order valence-corrected chi connectivity index (χ0v) is 14.2. The molecule has 1 rings (SSSR count). The van der Waals surface area contributed by atoms with Crippen LogP contribution in [0.1, 0.15) is 40.5 Å². The first-order valence-corrected chi connectivity index (χ1v) is 8.26. The third-order valence-electron chi connectivity index (χ3n) is 4.00. The van der Waals surface area contributed by atoms with Gasteiger partial charge in [0.2, 0.25) is 0 Å². The van der Waals surface area contributed by atoms with Crippen molar-refractivity contribution in [3.8, 4) is 0 Å². The third kappa shape index (κ3) is 6.76. The third-order valence-corrected chi connectivity index (χ3v) is 4.00. The maximum absolute atomic E-state index is 11.7. The maximum atomic E-state index is 11.7. The number of carbonyl (C=O) groups is 1. The summed E-state index contributed by atoms with van der Waals surface area (Å²) in [5, 5.41) is 0. The van der Waals surface area contributed by atoms with E-state index in [4.69, 9.17) is 10.5 Å². The van der Waals surface area contributed by atoms with Gasteiger partial charge in [0.1, 0.15) is 5.54 Å². The van der Waals surface area contributed by atoms with Gasteiger partial charge in [-0.2, -0.15) is 0 Å². The number of ether oxygens (including phenoxy) is 1. The van der Waals surface area contributed by atoms with Crippen LogP contribution in [0.15, 0.2) is 0 Å². The molecule has 21 heavy (non-hydrogen) atoms. The topological polar surface area (TPSA) is 58.8 Å². The second kappa shape index (κ2) is 8.71. The van der Waals surface area contributed by atoms with E-state index in [1.54, 1.807) is 6.92 Å². The minimum absolute atomic E-state index is 0.285. The Morgan fingerprint density at radius 1 is 1.24 bits per heavy atom. The molecule has 0 amide bonds. The zero-order valence-electron chi connectivity index (χ0n) is 14.2. The molecule has 0 aromatic carbocycles. The normalized spacial score (nSPS) is 20.5. The second-order valence-electron chi connectivity index (χ2n) is 6.78. The van der Waals surface area contributed by atoms with Gasteiger partial charge in [-0.3, -0.25) is 4.79 Å². The standard InChI is InChI=1S/C16H33N3O2/c1-5-21-15(20)16(4,17)7-6-8-18-9-11-19(12-10-18)13-14(2)3/h14H,5-13,17H2,1-4H3. The van der Waals surface area contributed by atoms with Gasteiger partial charge in [-0.05, 0) is 39.2 Å². The Morgan fingerprint density at radius 2 is 1.81 bits per heavy atom. The van der Waals surface area contributed by atoms with E-state index in [0.29, 0.717) is 13.0 Å². The van der Waals surface area contributed by atoms with Crippen molar-refractivity contribution in [1.29, 1.82) is 0 Å². The lowest BCUT2D eigenvalue weighted by atomic mass is 9.97. The summed E-state index contributed by atoms with van der Waals surface area (Å²) in [5.41, 5.74) is 5.19. The summed E-state index contributed by atoms with van der Waals surface area (Å²) in [6.07, 6.45) is 1.62. The molecule has 1 unspecified atom stereocenters. The minimum Gasteiger partial charge on any atom is -0.465 e. The fraction of sp³-hybridized carbons (Fsp3) is 0.938. The van der Waals surface area contributed by atoms with Crippen molar-refractivity contribution >= 4 is 5.97 Å². The van der Waals surface area contributed by atoms with Crippen LogP contribution in [0.4, 0.5) is 0 Å². The van der Waals surface area contributed by atoms with E-state index < -0.39 is 5.54 Å². The number of esters is 1. The highest BCUT2D eigenvalue weighted by Crippen LogP contribution is 2.13. The van der Waals surface area contributed by atoms with Crippen LogP contribution in [0.3, 0.4) is 0 Å². The molecule has 0 saturated carbocycles. The first-order valence-electron chi connectivity index (χ1n) is 8.26. The Hall–Kier alpha value is -0.650. The number of nitrogens with two attached hydrogens (primary N) is 1. The smallest absolute Gasteiger partial charge is 0.325 e. The van der Waals surface area contributed by atoms with E-state index in [2.05, 4.69) is 23.6 Å². The first kappa shape index (κ1) is 18.4. The van der Waals surface area contributed by atoms with Crippen molar-refractivity contribution in [1.82, 2.24) is 9.80 Å². The van der Waals surface area contributed by atoms with E-state index in [9.17, 15) is 4.79 Å². The van der Waals surface area contributed by atoms with Gasteiger partial charge < -0.3 is 20.3 Å². The highest BCUT2D eigenvalue weighted by Gasteiger charge is 2.29. The summed E-state index contributed by atoms with van der Waals surface area (Å²) in [6, 6.07) is 0. The Labute approximate surface area is 129 Å². The molecule has 0 bridgehead atoms. The molecular weight excluding hydrogens is 266 g/mol. The SMILES string of the molecule is CCOC(=O)C(C)(N)CCCN1CCN(CC(C)C)CC1. The lowest BCUT2D eigenvalue weighted by Crippen LogP contribution is -2.49. The fourth-order valence-corrected chi connectivity index (χ4v) is 2.78. The number of rotatable bonds is 8. The van der Waals surface area contributed by atoms with Crippen molar-refractivity contribution in [3.05, 3.63) is 0 Å². The molecular formula is C16H33N3O2. The molecule has 0 aromatic rings. The number of hydrogen-bond donors (Lipinski definition) is 1. The molecule has 1 aliphatic heterocycles. The van der Waals surface area contributed by atoms with Gasteiger partial charge >= 0.3 is 5.97 Å². The summed E-state index contributed by atoms with van der Waals surface area (Å²) in [5.74, 6) is 0.450. The molecule has 1 heterocycles. The highest BCUT2D eigenvalue weighted by molar-refractivity contribution is 5.79. The fourth-order valence-electron chi connectivity index (χ4n) is 2.78. The predicted molar refractivity (Wildman–Crippen MR) is 86.2 cm³/mol. The van der Waals surface area contributed by atoms with E-state index in [0.717, 1.165) is 45.1 Å². The van der Waals surface area contributed by atoms with E-state index >= 15 is 0 Å². The predicted octanol–water partition coefficient (Wildman–Crippen LogP) is 1.32. The first-order chi connectivity index (χ1) is 9.85. The van der Waals surface area contributed by atoms with Gasteiger partial charge in [0.15, 0.2) is 0 Å².